The van der Waals surface area contributed by atoms with Crippen LogP contribution in [-0.4, -0.2) is 26.2 Å². The lowest BCUT2D eigenvalue weighted by Crippen LogP contribution is -2.52. The van der Waals surface area contributed by atoms with E-state index in [1.165, 1.54) is 7.11 Å². The second-order valence-corrected chi connectivity index (χ2v) is 3.51. The summed E-state index contributed by atoms with van der Waals surface area (Å²) in [6.45, 7) is 2.04. The molecule has 70 valence electrons. The highest BCUT2D eigenvalue weighted by Gasteiger charge is 2.48. The quantitative estimate of drug-likeness (QED) is 0.642. The summed E-state index contributed by atoms with van der Waals surface area (Å²) in [5.74, 6) is -0.0596. The molecule has 1 rings (SSSR count). The predicted molar refractivity (Wildman–Crippen MR) is 46.8 cm³/mol. The molecule has 0 saturated heterocycles. The molecule has 1 fully saturated rings. The lowest BCUT2D eigenvalue weighted by Gasteiger charge is -2.43. The lowest BCUT2D eigenvalue weighted by molar-refractivity contribution is -0.160. The zero-order valence-corrected chi connectivity index (χ0v) is 8.02. The van der Waals surface area contributed by atoms with Gasteiger partial charge in [-0.05, 0) is 26.8 Å². The Balaban J connectivity index is 2.68. The molecule has 1 aliphatic rings. The number of hydrogen-bond donors (Lipinski definition) is 1. The Morgan fingerprint density at radius 3 is 2.42 bits per heavy atom. The third kappa shape index (κ3) is 1.22. The van der Waals surface area contributed by atoms with Crippen LogP contribution in [0.25, 0.3) is 0 Å². The fraction of sp³-hybridized carbons (Fsp3) is 0.889. The van der Waals surface area contributed by atoms with Crippen molar-refractivity contribution in [2.24, 2.45) is 5.41 Å². The van der Waals surface area contributed by atoms with Crippen molar-refractivity contribution < 1.29 is 9.53 Å². The Bertz CT molecular complexity index is 175. The summed E-state index contributed by atoms with van der Waals surface area (Å²) in [6.07, 6.45) is 3.06. The number of nitrogens with one attached hydrogen (secondary N) is 1. The molecule has 0 aromatic heterocycles. The van der Waals surface area contributed by atoms with Gasteiger partial charge >= 0.3 is 5.97 Å². The highest BCUT2D eigenvalue weighted by Crippen LogP contribution is 2.44. The molecule has 0 aromatic carbocycles. The summed E-state index contributed by atoms with van der Waals surface area (Å²) in [5.41, 5.74) is -0.233. The zero-order chi connectivity index (χ0) is 9.19. The summed E-state index contributed by atoms with van der Waals surface area (Å²) in [7, 11) is 3.35. The Morgan fingerprint density at radius 2 is 2.17 bits per heavy atom. The van der Waals surface area contributed by atoms with Gasteiger partial charge in [-0.1, -0.05) is 6.42 Å². The fourth-order valence-corrected chi connectivity index (χ4v) is 1.85. The molecule has 3 heteroatoms. The van der Waals surface area contributed by atoms with Crippen molar-refractivity contribution >= 4 is 5.97 Å². The second kappa shape index (κ2) is 3.44. The van der Waals surface area contributed by atoms with E-state index in [0.717, 1.165) is 19.3 Å². The summed E-state index contributed by atoms with van der Waals surface area (Å²) in [5, 5.41) is 3.12. The van der Waals surface area contributed by atoms with E-state index in [2.05, 4.69) is 5.32 Å². The monoisotopic (exact) mass is 171 g/mol. The van der Waals surface area contributed by atoms with E-state index in [1.54, 1.807) is 0 Å². The van der Waals surface area contributed by atoms with E-state index in [-0.39, 0.29) is 17.4 Å². The first kappa shape index (κ1) is 9.52. The van der Waals surface area contributed by atoms with E-state index in [4.69, 9.17) is 4.74 Å². The van der Waals surface area contributed by atoms with E-state index in [0.29, 0.717) is 0 Å². The average Bonchev–Trinajstić information content (AvgIpc) is 2.01. The molecule has 1 atom stereocenters. The fourth-order valence-electron chi connectivity index (χ4n) is 1.85. The number of esters is 1. The van der Waals surface area contributed by atoms with Gasteiger partial charge in [-0.3, -0.25) is 4.79 Å². The molecule has 0 amide bonds. The summed E-state index contributed by atoms with van der Waals surface area (Å²) in [4.78, 5) is 11.5. The first-order valence-corrected chi connectivity index (χ1v) is 4.43. The molecule has 0 spiro atoms. The van der Waals surface area contributed by atoms with Gasteiger partial charge in [-0.25, -0.2) is 0 Å². The van der Waals surface area contributed by atoms with Gasteiger partial charge in [0.1, 0.15) is 0 Å². The Morgan fingerprint density at radius 1 is 1.58 bits per heavy atom. The van der Waals surface area contributed by atoms with Crippen LogP contribution in [0.5, 0.6) is 0 Å². The normalized spacial score (nSPS) is 22.6. The third-order valence-electron chi connectivity index (χ3n) is 3.10. The van der Waals surface area contributed by atoms with Crippen LogP contribution in [0.15, 0.2) is 0 Å². The van der Waals surface area contributed by atoms with Crippen LogP contribution >= 0.6 is 0 Å². The van der Waals surface area contributed by atoms with Crippen molar-refractivity contribution in [1.82, 2.24) is 5.32 Å². The molecule has 0 radical (unpaired) electrons. The number of carbonyl (C=O) groups excluding carboxylic acids is 1. The van der Waals surface area contributed by atoms with E-state index < -0.39 is 0 Å². The molecule has 0 heterocycles. The molecule has 3 nitrogen and oxygen atoms in total. The van der Waals surface area contributed by atoms with Gasteiger partial charge in [-0.2, -0.15) is 0 Å². The Kier molecular flexibility index (Phi) is 2.73. The minimum atomic E-state index is -0.233. The number of carbonyl (C=O) groups is 1. The van der Waals surface area contributed by atoms with Gasteiger partial charge in [0, 0.05) is 6.04 Å². The third-order valence-corrected chi connectivity index (χ3v) is 3.10. The first-order valence-electron chi connectivity index (χ1n) is 4.43. The van der Waals surface area contributed by atoms with Crippen LogP contribution in [0, 0.1) is 5.41 Å². The minimum absolute atomic E-state index is 0.0596. The Hall–Kier alpha value is -0.570. The molecule has 1 N–H and O–H groups in total. The van der Waals surface area contributed by atoms with Gasteiger partial charge in [0.2, 0.25) is 0 Å². The van der Waals surface area contributed by atoms with Crippen molar-refractivity contribution in [2.75, 3.05) is 14.2 Å². The van der Waals surface area contributed by atoms with Gasteiger partial charge in [0.25, 0.3) is 0 Å². The van der Waals surface area contributed by atoms with Crippen LogP contribution in [0.4, 0.5) is 0 Å². The van der Waals surface area contributed by atoms with E-state index in [9.17, 15) is 4.79 Å². The van der Waals surface area contributed by atoms with Crippen molar-refractivity contribution in [3.8, 4) is 0 Å². The molecule has 1 aliphatic carbocycles. The standard InChI is InChI=1S/C9H17NO2/c1-7(10-2)9(5-4-6-9)8(11)12-3/h7,10H,4-6H2,1-3H3. The van der Waals surface area contributed by atoms with Gasteiger partial charge in [-0.15, -0.1) is 0 Å². The minimum Gasteiger partial charge on any atom is -0.469 e. The molecule has 1 saturated carbocycles. The topological polar surface area (TPSA) is 38.3 Å². The van der Waals surface area contributed by atoms with Gasteiger partial charge in [0.15, 0.2) is 0 Å². The predicted octanol–water partition coefficient (Wildman–Crippen LogP) is 0.938. The van der Waals surface area contributed by atoms with Crippen molar-refractivity contribution in [3.05, 3.63) is 0 Å². The smallest absolute Gasteiger partial charge is 0.313 e. The largest absolute Gasteiger partial charge is 0.469 e. The molecular weight excluding hydrogens is 154 g/mol. The average molecular weight is 171 g/mol. The number of methoxy groups -OCH3 is 1. The van der Waals surface area contributed by atoms with Crippen LogP contribution in [0.1, 0.15) is 26.2 Å². The molecule has 12 heavy (non-hydrogen) atoms. The second-order valence-electron chi connectivity index (χ2n) is 3.51. The molecular formula is C9H17NO2. The van der Waals surface area contributed by atoms with Crippen molar-refractivity contribution in [2.45, 2.75) is 32.2 Å². The molecule has 1 unspecified atom stereocenters. The summed E-state index contributed by atoms with van der Waals surface area (Å²) >= 11 is 0. The molecule has 0 bridgehead atoms. The maximum atomic E-state index is 11.5. The van der Waals surface area contributed by atoms with Crippen LogP contribution < -0.4 is 5.32 Å². The highest BCUT2D eigenvalue weighted by molar-refractivity contribution is 5.78. The van der Waals surface area contributed by atoms with Gasteiger partial charge < -0.3 is 10.1 Å². The van der Waals surface area contributed by atoms with Crippen LogP contribution in [-0.2, 0) is 9.53 Å². The van der Waals surface area contributed by atoms with Gasteiger partial charge in [0.05, 0.1) is 12.5 Å². The van der Waals surface area contributed by atoms with E-state index >= 15 is 0 Å². The van der Waals surface area contributed by atoms with E-state index in [1.807, 2.05) is 14.0 Å². The first-order chi connectivity index (χ1) is 5.67. The lowest BCUT2D eigenvalue weighted by atomic mass is 9.64. The number of ether oxygens (including phenoxy) is 1. The number of rotatable bonds is 3. The Labute approximate surface area is 73.5 Å². The molecule has 0 aliphatic heterocycles. The molecule has 0 aromatic rings. The SMILES string of the molecule is CNC(C)C1(C(=O)OC)CCC1. The maximum absolute atomic E-state index is 11.5. The van der Waals surface area contributed by atoms with Crippen LogP contribution in [0.2, 0.25) is 0 Å². The van der Waals surface area contributed by atoms with Crippen molar-refractivity contribution in [1.29, 1.82) is 0 Å². The zero-order valence-electron chi connectivity index (χ0n) is 8.02. The van der Waals surface area contributed by atoms with Crippen molar-refractivity contribution in [3.63, 3.8) is 0 Å². The summed E-state index contributed by atoms with van der Waals surface area (Å²) < 4.78 is 4.80. The van der Waals surface area contributed by atoms with Crippen LogP contribution in [0.3, 0.4) is 0 Å². The summed E-state index contributed by atoms with van der Waals surface area (Å²) in [6, 6.07) is 0.221. The maximum Gasteiger partial charge on any atom is 0.313 e. The highest BCUT2D eigenvalue weighted by atomic mass is 16.5. The number of hydrogen-bond acceptors (Lipinski definition) is 3.